The van der Waals surface area contributed by atoms with Gasteiger partial charge in [0.2, 0.25) is 9.84 Å². The lowest BCUT2D eigenvalue weighted by molar-refractivity contribution is -0.136. The lowest BCUT2D eigenvalue weighted by atomic mass is 9.86. The molecule has 11 heteroatoms. The average Bonchev–Trinajstić information content (AvgIpc) is 2.80. The lowest BCUT2D eigenvalue weighted by Gasteiger charge is -2.31. The Morgan fingerprint density at radius 1 is 1.03 bits per heavy atom. The van der Waals surface area contributed by atoms with Gasteiger partial charge in [-0.1, -0.05) is 47.5 Å². The minimum absolute atomic E-state index is 0.00392. The molecule has 0 fully saturated rings. The molecule has 0 aliphatic carbocycles. The van der Waals surface area contributed by atoms with Crippen LogP contribution in [0.3, 0.4) is 0 Å². The molecule has 2 heterocycles. The highest BCUT2D eigenvalue weighted by Crippen LogP contribution is 2.48. The zero-order chi connectivity index (χ0) is 23.4. The number of benzene rings is 2. The minimum Gasteiger partial charge on any atom is -0.466 e. The van der Waals surface area contributed by atoms with Crippen LogP contribution in [0.15, 0.2) is 74.1 Å². The van der Waals surface area contributed by atoms with Crippen LogP contribution in [0.2, 0.25) is 10.0 Å². The Morgan fingerprint density at radius 3 is 2.34 bits per heavy atom. The molecule has 1 N–H and O–H groups in total. The Hall–Kier alpha value is -2.33. The standard InChI is InChI=1S/C21H17Cl2NO6S2/c1-11-17(21(25)30-2)18(12-6-5-7-13(22)19(12)23)20-14(24-11)10-31(26,27)15-8-3-4-9-16(15)32(20,28)29/h3-9,18,24H,10H2,1-2H3. The van der Waals surface area contributed by atoms with E-state index >= 15 is 0 Å². The summed E-state index contributed by atoms with van der Waals surface area (Å²) < 4.78 is 58.8. The third-order valence-electron chi connectivity index (χ3n) is 5.39. The fraction of sp³-hybridized carbons (Fsp3) is 0.190. The van der Waals surface area contributed by atoms with Crippen molar-refractivity contribution in [2.75, 3.05) is 12.9 Å². The van der Waals surface area contributed by atoms with Gasteiger partial charge < -0.3 is 10.1 Å². The van der Waals surface area contributed by atoms with Gasteiger partial charge in [0, 0.05) is 11.4 Å². The fourth-order valence-electron chi connectivity index (χ4n) is 4.04. The summed E-state index contributed by atoms with van der Waals surface area (Å²) in [6.07, 6.45) is 0. The summed E-state index contributed by atoms with van der Waals surface area (Å²) in [4.78, 5) is 11.8. The number of sulfone groups is 2. The van der Waals surface area contributed by atoms with E-state index in [9.17, 15) is 21.6 Å². The number of esters is 1. The molecule has 1 unspecified atom stereocenters. The van der Waals surface area contributed by atoms with E-state index in [-0.39, 0.29) is 47.3 Å². The number of methoxy groups -OCH3 is 1. The largest absolute Gasteiger partial charge is 0.466 e. The maximum Gasteiger partial charge on any atom is 0.336 e. The topological polar surface area (TPSA) is 107 Å². The number of rotatable bonds is 2. The molecule has 1 atom stereocenters. The molecular formula is C21H17Cl2NO6S2. The molecule has 0 bridgehead atoms. The quantitative estimate of drug-likeness (QED) is 0.611. The van der Waals surface area contributed by atoms with Crippen LogP contribution in [0.4, 0.5) is 0 Å². The predicted molar refractivity (Wildman–Crippen MR) is 120 cm³/mol. The van der Waals surface area contributed by atoms with Crippen LogP contribution >= 0.6 is 23.2 Å². The third-order valence-corrected chi connectivity index (χ3v) is 10.0. The van der Waals surface area contributed by atoms with Crippen molar-refractivity contribution in [2.24, 2.45) is 0 Å². The second-order valence-electron chi connectivity index (χ2n) is 7.28. The van der Waals surface area contributed by atoms with Gasteiger partial charge in [0.05, 0.1) is 49.1 Å². The molecule has 32 heavy (non-hydrogen) atoms. The maximum absolute atomic E-state index is 13.9. The number of ether oxygens (including phenoxy) is 1. The molecule has 0 aromatic heterocycles. The van der Waals surface area contributed by atoms with Crippen molar-refractivity contribution in [1.82, 2.24) is 5.32 Å². The van der Waals surface area contributed by atoms with Gasteiger partial charge in [0.25, 0.3) is 0 Å². The van der Waals surface area contributed by atoms with Gasteiger partial charge in [-0.05, 0) is 30.7 Å². The van der Waals surface area contributed by atoms with Crippen LogP contribution in [-0.2, 0) is 29.2 Å². The van der Waals surface area contributed by atoms with E-state index in [4.69, 9.17) is 27.9 Å². The number of carbonyl (C=O) groups is 1. The van der Waals surface area contributed by atoms with Gasteiger partial charge in [-0.3, -0.25) is 0 Å². The Morgan fingerprint density at radius 2 is 1.69 bits per heavy atom. The first-order chi connectivity index (χ1) is 15.0. The number of halogens is 2. The zero-order valence-electron chi connectivity index (χ0n) is 16.8. The van der Waals surface area contributed by atoms with Gasteiger partial charge in [-0.15, -0.1) is 0 Å². The SMILES string of the molecule is COC(=O)C1=C(C)NC2=C(C1c1cccc(Cl)c1Cl)S(=O)(=O)c1ccccc1S(=O)(=O)C2. The van der Waals surface area contributed by atoms with Gasteiger partial charge in [0.15, 0.2) is 9.84 Å². The molecule has 0 spiro atoms. The number of allylic oxidation sites excluding steroid dienone is 2. The van der Waals surface area contributed by atoms with Crippen LogP contribution in [0.25, 0.3) is 0 Å². The number of dihydropyridines is 1. The van der Waals surface area contributed by atoms with Crippen LogP contribution in [0.1, 0.15) is 18.4 Å². The summed E-state index contributed by atoms with van der Waals surface area (Å²) in [5.74, 6) is -2.60. The Bertz CT molecular complexity index is 1440. The van der Waals surface area contributed by atoms with Gasteiger partial charge in [-0.2, -0.15) is 0 Å². The predicted octanol–water partition coefficient (Wildman–Crippen LogP) is 3.60. The number of hydrogen-bond donors (Lipinski definition) is 1. The van der Waals surface area contributed by atoms with E-state index in [0.717, 1.165) is 0 Å². The Balaban J connectivity index is 2.13. The second-order valence-corrected chi connectivity index (χ2v) is 11.9. The van der Waals surface area contributed by atoms with E-state index < -0.39 is 37.3 Å². The number of carbonyl (C=O) groups excluding carboxylic acids is 1. The summed E-state index contributed by atoms with van der Waals surface area (Å²) in [6.45, 7) is 1.54. The van der Waals surface area contributed by atoms with Crippen LogP contribution < -0.4 is 5.32 Å². The highest BCUT2D eigenvalue weighted by atomic mass is 35.5. The van der Waals surface area contributed by atoms with E-state index in [1.807, 2.05) is 0 Å². The van der Waals surface area contributed by atoms with Crippen molar-refractivity contribution in [3.8, 4) is 0 Å². The fourth-order valence-corrected chi connectivity index (χ4v) is 8.51. The zero-order valence-corrected chi connectivity index (χ0v) is 20.0. The van der Waals surface area contributed by atoms with E-state index in [2.05, 4.69) is 5.32 Å². The monoisotopic (exact) mass is 513 g/mol. The summed E-state index contributed by atoms with van der Waals surface area (Å²) in [7, 11) is -7.22. The Kier molecular flexibility index (Phi) is 5.65. The van der Waals surface area contributed by atoms with Gasteiger partial charge in [0.1, 0.15) is 0 Å². The molecule has 0 saturated carbocycles. The van der Waals surface area contributed by atoms with Crippen molar-refractivity contribution in [3.05, 3.63) is 79.9 Å². The van der Waals surface area contributed by atoms with Crippen LogP contribution in [-0.4, -0.2) is 35.7 Å². The number of hydrogen-bond acceptors (Lipinski definition) is 7. The van der Waals surface area contributed by atoms with Crippen LogP contribution in [0.5, 0.6) is 0 Å². The highest BCUT2D eigenvalue weighted by molar-refractivity contribution is 7.97. The summed E-state index contributed by atoms with van der Waals surface area (Å²) in [5, 5.41) is 3.04. The van der Waals surface area contributed by atoms with Gasteiger partial charge in [-0.25, -0.2) is 21.6 Å². The van der Waals surface area contributed by atoms with Crippen molar-refractivity contribution in [2.45, 2.75) is 22.6 Å². The first kappa shape index (κ1) is 22.8. The number of nitrogens with one attached hydrogen (secondary N) is 1. The molecule has 0 radical (unpaired) electrons. The molecule has 2 aromatic rings. The first-order valence-corrected chi connectivity index (χ1v) is 13.2. The molecule has 2 aliphatic heterocycles. The van der Waals surface area contributed by atoms with E-state index in [1.165, 1.54) is 37.4 Å². The molecule has 2 aromatic carbocycles. The third kappa shape index (κ3) is 3.44. The van der Waals surface area contributed by atoms with Crippen molar-refractivity contribution in [3.63, 3.8) is 0 Å². The normalized spacial score (nSPS) is 21.2. The van der Waals surface area contributed by atoms with Gasteiger partial charge >= 0.3 is 5.97 Å². The molecule has 0 saturated heterocycles. The molecule has 2 aliphatic rings. The van der Waals surface area contributed by atoms with E-state index in [1.54, 1.807) is 19.1 Å². The molecule has 4 rings (SSSR count). The summed E-state index contributed by atoms with van der Waals surface area (Å²) >= 11 is 12.6. The first-order valence-electron chi connectivity index (χ1n) is 9.30. The minimum atomic E-state index is -4.38. The Labute approximate surface area is 195 Å². The van der Waals surface area contributed by atoms with Crippen LogP contribution in [0, 0.1) is 0 Å². The molecule has 0 amide bonds. The van der Waals surface area contributed by atoms with Crippen molar-refractivity contribution >= 4 is 48.8 Å². The highest BCUT2D eigenvalue weighted by Gasteiger charge is 2.46. The lowest BCUT2D eigenvalue weighted by Crippen LogP contribution is -2.33. The maximum atomic E-state index is 13.9. The van der Waals surface area contributed by atoms with Crippen molar-refractivity contribution < 1.29 is 26.4 Å². The molecular weight excluding hydrogens is 497 g/mol. The average molecular weight is 514 g/mol. The van der Waals surface area contributed by atoms with Crippen molar-refractivity contribution in [1.29, 1.82) is 0 Å². The second kappa shape index (κ2) is 7.91. The molecule has 7 nitrogen and oxygen atoms in total. The van der Waals surface area contributed by atoms with E-state index in [0.29, 0.717) is 0 Å². The number of fused-ring (bicyclic) bond motifs is 1. The molecule has 168 valence electrons. The summed E-state index contributed by atoms with van der Waals surface area (Å²) in [5.41, 5.74) is 0.449. The smallest absolute Gasteiger partial charge is 0.336 e. The summed E-state index contributed by atoms with van der Waals surface area (Å²) in [6, 6.07) is 10.0.